The highest BCUT2D eigenvalue weighted by Gasteiger charge is 2.25. The number of carboxylic acids is 1. The Labute approximate surface area is 174 Å². The van der Waals surface area contributed by atoms with Crippen LogP contribution in [0.2, 0.25) is 0 Å². The van der Waals surface area contributed by atoms with Gasteiger partial charge in [-0.25, -0.2) is 4.79 Å². The van der Waals surface area contributed by atoms with Crippen molar-refractivity contribution in [3.63, 3.8) is 0 Å². The van der Waals surface area contributed by atoms with E-state index in [4.69, 9.17) is 4.74 Å². The molecule has 5 nitrogen and oxygen atoms in total. The molecule has 0 aliphatic carbocycles. The Kier molecular flexibility index (Phi) is 5.19. The van der Waals surface area contributed by atoms with Crippen molar-refractivity contribution in [3.8, 4) is 22.6 Å². The molecule has 0 spiro atoms. The van der Waals surface area contributed by atoms with Gasteiger partial charge in [0.15, 0.2) is 0 Å². The first-order valence-electron chi connectivity index (χ1n) is 9.83. The second kappa shape index (κ2) is 7.95. The number of hydrogen-bond acceptors (Lipinski definition) is 3. The Balaban J connectivity index is 2.03. The Morgan fingerprint density at radius 3 is 2.40 bits per heavy atom. The van der Waals surface area contributed by atoms with Gasteiger partial charge in [0.1, 0.15) is 17.2 Å². The van der Waals surface area contributed by atoms with Gasteiger partial charge in [0, 0.05) is 23.0 Å². The lowest BCUT2D eigenvalue weighted by Gasteiger charge is -2.10. The second-order valence-corrected chi connectivity index (χ2v) is 7.18. The number of nitrogens with zero attached hydrogens (tertiary/aromatic N) is 1. The number of carboxylic acid groups (broad SMARTS) is 1. The fourth-order valence-corrected chi connectivity index (χ4v) is 4.03. The number of benzene rings is 3. The van der Waals surface area contributed by atoms with Crippen molar-refractivity contribution in [2.75, 3.05) is 7.11 Å². The lowest BCUT2D eigenvalue weighted by molar-refractivity contribution is 0.0687. The third-order valence-corrected chi connectivity index (χ3v) is 5.39. The molecule has 0 saturated heterocycles. The number of carbonyl (C=O) groups is 1. The molecule has 0 amide bonds. The van der Waals surface area contributed by atoms with Crippen LogP contribution in [-0.2, 0) is 13.0 Å². The maximum Gasteiger partial charge on any atom is 0.353 e. The van der Waals surface area contributed by atoms with E-state index in [-0.39, 0.29) is 11.4 Å². The monoisotopic (exact) mass is 401 g/mol. The van der Waals surface area contributed by atoms with Gasteiger partial charge in [-0.3, -0.25) is 0 Å². The fourth-order valence-electron chi connectivity index (χ4n) is 4.03. The van der Waals surface area contributed by atoms with Crippen molar-refractivity contribution in [1.82, 2.24) is 4.57 Å². The quantitative estimate of drug-likeness (QED) is 0.458. The first-order valence-corrected chi connectivity index (χ1v) is 9.83. The number of ether oxygens (including phenoxy) is 1. The summed E-state index contributed by atoms with van der Waals surface area (Å²) in [5.41, 5.74) is 4.56. The number of aromatic hydroxyl groups is 1. The predicted octanol–water partition coefficient (Wildman–Crippen LogP) is 5.33. The van der Waals surface area contributed by atoms with Crippen LogP contribution in [0.5, 0.6) is 11.5 Å². The highest BCUT2D eigenvalue weighted by Crippen LogP contribution is 2.38. The minimum atomic E-state index is -0.987. The first kappa shape index (κ1) is 19.6. The van der Waals surface area contributed by atoms with Gasteiger partial charge >= 0.3 is 5.97 Å². The molecule has 0 aliphatic rings. The maximum atomic E-state index is 12.5. The Hall–Kier alpha value is -3.73. The van der Waals surface area contributed by atoms with E-state index in [1.54, 1.807) is 25.3 Å². The van der Waals surface area contributed by atoms with Gasteiger partial charge < -0.3 is 19.5 Å². The molecule has 0 fully saturated rings. The number of hydrogen-bond donors (Lipinski definition) is 2. The van der Waals surface area contributed by atoms with Crippen molar-refractivity contribution in [3.05, 3.63) is 83.6 Å². The summed E-state index contributed by atoms with van der Waals surface area (Å²) in [5.74, 6) is -0.112. The number of aryl methyl sites for hydroxylation is 1. The van der Waals surface area contributed by atoms with Gasteiger partial charge in [0.2, 0.25) is 0 Å². The van der Waals surface area contributed by atoms with Gasteiger partial charge in [0.05, 0.1) is 7.11 Å². The van der Waals surface area contributed by atoms with E-state index < -0.39 is 5.97 Å². The van der Waals surface area contributed by atoms with Gasteiger partial charge in [-0.05, 0) is 53.4 Å². The summed E-state index contributed by atoms with van der Waals surface area (Å²) in [4.78, 5) is 12.5. The van der Waals surface area contributed by atoms with Gasteiger partial charge in [0.25, 0.3) is 0 Å². The van der Waals surface area contributed by atoms with Crippen LogP contribution < -0.4 is 4.74 Å². The third kappa shape index (κ3) is 3.39. The summed E-state index contributed by atoms with van der Waals surface area (Å²) in [6.45, 7) is 2.41. The lowest BCUT2D eigenvalue weighted by Crippen LogP contribution is -2.10. The highest BCUT2D eigenvalue weighted by molar-refractivity contribution is 6.09. The molecule has 0 unspecified atom stereocenters. The number of phenolic OH excluding ortho intramolecular Hbond substituents is 1. The van der Waals surface area contributed by atoms with Crippen molar-refractivity contribution in [1.29, 1.82) is 0 Å². The molecule has 0 aliphatic heterocycles. The van der Waals surface area contributed by atoms with E-state index in [9.17, 15) is 15.0 Å². The van der Waals surface area contributed by atoms with Gasteiger partial charge in [-0.1, -0.05) is 43.3 Å². The molecule has 1 heterocycles. The van der Waals surface area contributed by atoms with Crippen LogP contribution in [0.1, 0.15) is 28.5 Å². The molecule has 152 valence electrons. The molecular formula is C25H23NO4. The standard InChI is InChI=1S/C25H23NO4/c1-3-17-7-5-9-21-22(17)23(18-10-12-20(30-2)13-11-18)24(25(28)29)26(21)15-16-6-4-8-19(27)14-16/h4-14,27H,3,15H2,1-2H3,(H,28,29). The Bertz CT molecular complexity index is 1220. The smallest absolute Gasteiger partial charge is 0.353 e. The van der Waals surface area contributed by atoms with Crippen LogP contribution >= 0.6 is 0 Å². The average Bonchev–Trinajstić information content (AvgIpc) is 3.08. The molecule has 4 aromatic rings. The second-order valence-electron chi connectivity index (χ2n) is 7.18. The number of methoxy groups -OCH3 is 1. The first-order chi connectivity index (χ1) is 14.5. The number of phenols is 1. The van der Waals surface area contributed by atoms with Gasteiger partial charge in [-0.2, -0.15) is 0 Å². The van der Waals surface area contributed by atoms with Crippen LogP contribution in [0.3, 0.4) is 0 Å². The summed E-state index contributed by atoms with van der Waals surface area (Å²) < 4.78 is 7.09. The van der Waals surface area contributed by atoms with E-state index in [2.05, 4.69) is 6.92 Å². The average molecular weight is 401 g/mol. The number of aromatic carboxylic acids is 1. The van der Waals surface area contributed by atoms with Crippen molar-refractivity contribution < 1.29 is 19.7 Å². The molecule has 4 rings (SSSR count). The molecule has 0 saturated carbocycles. The zero-order valence-electron chi connectivity index (χ0n) is 16.9. The minimum absolute atomic E-state index is 0.158. The van der Waals surface area contributed by atoms with Crippen LogP contribution in [0.25, 0.3) is 22.0 Å². The minimum Gasteiger partial charge on any atom is -0.508 e. The van der Waals surface area contributed by atoms with E-state index in [1.807, 2.05) is 53.1 Å². The summed E-state index contributed by atoms with van der Waals surface area (Å²) in [5, 5.41) is 21.0. The van der Waals surface area contributed by atoms with Crippen LogP contribution in [-0.4, -0.2) is 27.9 Å². The molecule has 1 aromatic heterocycles. The van der Waals surface area contributed by atoms with Crippen molar-refractivity contribution in [2.24, 2.45) is 0 Å². The molecule has 30 heavy (non-hydrogen) atoms. The fraction of sp³-hybridized carbons (Fsp3) is 0.160. The molecule has 0 radical (unpaired) electrons. The number of fused-ring (bicyclic) bond motifs is 1. The number of aromatic nitrogens is 1. The van der Waals surface area contributed by atoms with Crippen LogP contribution in [0.15, 0.2) is 66.7 Å². The van der Waals surface area contributed by atoms with Crippen molar-refractivity contribution in [2.45, 2.75) is 19.9 Å². The Morgan fingerprint density at radius 1 is 1.03 bits per heavy atom. The highest BCUT2D eigenvalue weighted by atomic mass is 16.5. The summed E-state index contributed by atoms with van der Waals surface area (Å²) in [6.07, 6.45) is 0.787. The molecule has 0 atom stereocenters. The number of rotatable bonds is 6. The summed E-state index contributed by atoms with van der Waals surface area (Å²) >= 11 is 0. The van der Waals surface area contributed by atoms with E-state index in [0.717, 1.165) is 39.8 Å². The van der Waals surface area contributed by atoms with Crippen molar-refractivity contribution >= 4 is 16.9 Å². The largest absolute Gasteiger partial charge is 0.508 e. The lowest BCUT2D eigenvalue weighted by atomic mass is 9.97. The molecule has 0 bridgehead atoms. The van der Waals surface area contributed by atoms with E-state index in [1.165, 1.54) is 0 Å². The molecule has 5 heteroatoms. The molecular weight excluding hydrogens is 378 g/mol. The van der Waals surface area contributed by atoms with Crippen LogP contribution in [0, 0.1) is 0 Å². The van der Waals surface area contributed by atoms with Crippen LogP contribution in [0.4, 0.5) is 0 Å². The summed E-state index contributed by atoms with van der Waals surface area (Å²) in [6, 6.07) is 20.3. The summed E-state index contributed by atoms with van der Waals surface area (Å²) in [7, 11) is 1.61. The predicted molar refractivity (Wildman–Crippen MR) is 117 cm³/mol. The zero-order chi connectivity index (χ0) is 21.3. The Morgan fingerprint density at radius 2 is 1.77 bits per heavy atom. The van der Waals surface area contributed by atoms with E-state index >= 15 is 0 Å². The zero-order valence-corrected chi connectivity index (χ0v) is 16.9. The van der Waals surface area contributed by atoms with Gasteiger partial charge in [-0.15, -0.1) is 0 Å². The molecule has 2 N–H and O–H groups in total. The third-order valence-electron chi connectivity index (χ3n) is 5.39. The normalized spacial score (nSPS) is 11.0. The van der Waals surface area contributed by atoms with E-state index in [0.29, 0.717) is 12.1 Å². The topological polar surface area (TPSA) is 71.7 Å². The molecule has 3 aromatic carbocycles. The maximum absolute atomic E-state index is 12.5. The SMILES string of the molecule is CCc1cccc2c1c(-c1ccc(OC)cc1)c(C(=O)O)n2Cc1cccc(O)c1.